The summed E-state index contributed by atoms with van der Waals surface area (Å²) in [6, 6.07) is 18.2. The summed E-state index contributed by atoms with van der Waals surface area (Å²) < 4.78 is 0. The van der Waals surface area contributed by atoms with Crippen molar-refractivity contribution < 1.29 is 4.79 Å². The van der Waals surface area contributed by atoms with Gasteiger partial charge in [-0.05, 0) is 42.1 Å². The Kier molecular flexibility index (Phi) is 5.19. The first-order valence-electron chi connectivity index (χ1n) is 9.43. The molecule has 0 spiro atoms. The van der Waals surface area contributed by atoms with E-state index in [0.29, 0.717) is 0 Å². The van der Waals surface area contributed by atoms with Gasteiger partial charge in [-0.25, -0.2) is 0 Å². The molecule has 1 saturated heterocycles. The molecule has 1 aliphatic heterocycles. The normalized spacial score (nSPS) is 16.6. The van der Waals surface area contributed by atoms with Gasteiger partial charge in [0.2, 0.25) is 5.91 Å². The molecule has 0 radical (unpaired) electrons. The van der Waals surface area contributed by atoms with Crippen molar-refractivity contribution in [2.45, 2.75) is 19.4 Å². The molecule has 1 aromatic heterocycles. The van der Waals surface area contributed by atoms with Crippen molar-refractivity contribution in [2.24, 2.45) is 0 Å². The zero-order valence-electron chi connectivity index (χ0n) is 15.5. The van der Waals surface area contributed by atoms with Gasteiger partial charge in [-0.1, -0.05) is 41.9 Å². The van der Waals surface area contributed by atoms with E-state index in [0.717, 1.165) is 54.3 Å². The van der Waals surface area contributed by atoms with Gasteiger partial charge >= 0.3 is 0 Å². The van der Waals surface area contributed by atoms with Crippen molar-refractivity contribution in [3.63, 3.8) is 0 Å². The Labute approximate surface area is 164 Å². The summed E-state index contributed by atoms with van der Waals surface area (Å²) in [5.74, 6) is 0.0490. The Morgan fingerprint density at radius 2 is 1.78 bits per heavy atom. The number of carbonyl (C=O) groups excluding carboxylic acids is 1. The van der Waals surface area contributed by atoms with Crippen LogP contribution in [0.1, 0.15) is 24.1 Å². The number of carbonyl (C=O) groups is 1. The number of aromatic amines is 1. The van der Waals surface area contributed by atoms with Crippen molar-refractivity contribution in [3.05, 3.63) is 70.9 Å². The molecule has 2 aromatic carbocycles. The summed E-state index contributed by atoms with van der Waals surface area (Å²) in [5, 5.41) is 1.92. The average molecular weight is 382 g/mol. The summed E-state index contributed by atoms with van der Waals surface area (Å²) in [5.41, 5.74) is 3.33. The molecule has 1 N–H and O–H groups in total. The number of aromatic nitrogens is 1. The van der Waals surface area contributed by atoms with E-state index < -0.39 is 0 Å². The Morgan fingerprint density at radius 3 is 2.48 bits per heavy atom. The second kappa shape index (κ2) is 7.75. The minimum Gasteiger partial charge on any atom is -0.358 e. The SMILES string of the molecule is CC(C(=O)N1CCN(Cc2ccc(Cl)cc2)CC1)c1cc2ccccc2[nH]1. The highest BCUT2D eigenvalue weighted by Gasteiger charge is 2.26. The monoisotopic (exact) mass is 381 g/mol. The predicted octanol–water partition coefficient (Wildman–Crippen LogP) is 4.27. The number of piperazine rings is 1. The van der Waals surface area contributed by atoms with E-state index in [9.17, 15) is 4.79 Å². The molecular formula is C22H24ClN3O. The average Bonchev–Trinajstić information content (AvgIpc) is 3.13. The van der Waals surface area contributed by atoms with Crippen LogP contribution in [0.4, 0.5) is 0 Å². The van der Waals surface area contributed by atoms with Crippen LogP contribution in [0.25, 0.3) is 10.9 Å². The maximum atomic E-state index is 13.0. The summed E-state index contributed by atoms with van der Waals surface area (Å²) in [4.78, 5) is 20.7. The molecule has 3 aromatic rings. The van der Waals surface area contributed by atoms with Crippen LogP contribution in [0, 0.1) is 0 Å². The molecule has 5 heteroatoms. The number of amides is 1. The fourth-order valence-electron chi connectivity index (χ4n) is 3.71. The fourth-order valence-corrected chi connectivity index (χ4v) is 3.84. The number of nitrogens with one attached hydrogen (secondary N) is 1. The van der Waals surface area contributed by atoms with E-state index in [4.69, 9.17) is 11.6 Å². The summed E-state index contributed by atoms with van der Waals surface area (Å²) in [7, 11) is 0. The third kappa shape index (κ3) is 4.02. The lowest BCUT2D eigenvalue weighted by Gasteiger charge is -2.36. The number of hydrogen-bond donors (Lipinski definition) is 1. The van der Waals surface area contributed by atoms with E-state index in [1.807, 2.05) is 42.2 Å². The van der Waals surface area contributed by atoms with Crippen molar-refractivity contribution in [1.82, 2.24) is 14.8 Å². The highest BCUT2D eigenvalue weighted by atomic mass is 35.5. The van der Waals surface area contributed by atoms with Gasteiger partial charge in [0.1, 0.15) is 0 Å². The number of rotatable bonds is 4. The molecule has 4 nitrogen and oxygen atoms in total. The van der Waals surface area contributed by atoms with Crippen molar-refractivity contribution in [2.75, 3.05) is 26.2 Å². The van der Waals surface area contributed by atoms with Crippen LogP contribution in [0.2, 0.25) is 5.02 Å². The van der Waals surface area contributed by atoms with Gasteiger partial charge in [0.15, 0.2) is 0 Å². The van der Waals surface area contributed by atoms with Crippen LogP contribution in [-0.4, -0.2) is 46.9 Å². The summed E-state index contributed by atoms with van der Waals surface area (Å²) >= 11 is 5.95. The first-order valence-corrected chi connectivity index (χ1v) is 9.81. The molecule has 1 amide bonds. The van der Waals surface area contributed by atoms with Gasteiger partial charge in [-0.15, -0.1) is 0 Å². The highest BCUT2D eigenvalue weighted by Crippen LogP contribution is 2.23. The first kappa shape index (κ1) is 18.1. The topological polar surface area (TPSA) is 39.3 Å². The van der Waals surface area contributed by atoms with Crippen LogP contribution < -0.4 is 0 Å². The third-order valence-corrected chi connectivity index (χ3v) is 5.64. The second-order valence-electron chi connectivity index (χ2n) is 7.26. The standard InChI is InChI=1S/C22H24ClN3O/c1-16(21-14-18-4-2-3-5-20(18)24-21)22(27)26-12-10-25(11-13-26)15-17-6-8-19(23)9-7-17/h2-9,14,16,24H,10-13,15H2,1H3. The summed E-state index contributed by atoms with van der Waals surface area (Å²) in [6.45, 7) is 6.24. The minimum absolute atomic E-state index is 0.153. The maximum Gasteiger partial charge on any atom is 0.231 e. The number of halogens is 1. The zero-order valence-corrected chi connectivity index (χ0v) is 16.2. The van der Waals surface area contributed by atoms with E-state index in [2.05, 4.69) is 34.1 Å². The molecule has 0 bridgehead atoms. The first-order chi connectivity index (χ1) is 13.1. The Bertz CT molecular complexity index is 893. The number of hydrogen-bond acceptors (Lipinski definition) is 2. The van der Waals surface area contributed by atoms with Crippen molar-refractivity contribution in [3.8, 4) is 0 Å². The van der Waals surface area contributed by atoms with Crippen molar-refractivity contribution in [1.29, 1.82) is 0 Å². The fraction of sp³-hybridized carbons (Fsp3) is 0.318. The Hall–Kier alpha value is -2.30. The van der Waals surface area contributed by atoms with Gasteiger partial charge in [0.25, 0.3) is 0 Å². The Morgan fingerprint density at radius 1 is 1.07 bits per heavy atom. The smallest absolute Gasteiger partial charge is 0.231 e. The van der Waals surface area contributed by atoms with Crippen LogP contribution >= 0.6 is 11.6 Å². The molecule has 27 heavy (non-hydrogen) atoms. The number of benzene rings is 2. The van der Waals surface area contributed by atoms with E-state index in [1.54, 1.807) is 0 Å². The predicted molar refractivity (Wildman–Crippen MR) is 110 cm³/mol. The number of H-pyrrole nitrogens is 1. The molecule has 1 atom stereocenters. The van der Waals surface area contributed by atoms with Gasteiger partial charge in [-0.2, -0.15) is 0 Å². The van der Waals surface area contributed by atoms with E-state index >= 15 is 0 Å². The lowest BCUT2D eigenvalue weighted by Crippen LogP contribution is -2.49. The van der Waals surface area contributed by atoms with Gasteiger partial charge in [-0.3, -0.25) is 9.69 Å². The Balaban J connectivity index is 1.35. The molecule has 0 saturated carbocycles. The molecule has 1 aliphatic rings. The van der Waals surface area contributed by atoms with Crippen LogP contribution in [0.15, 0.2) is 54.6 Å². The van der Waals surface area contributed by atoms with Crippen LogP contribution in [-0.2, 0) is 11.3 Å². The van der Waals surface area contributed by atoms with E-state index in [-0.39, 0.29) is 11.8 Å². The van der Waals surface area contributed by atoms with Gasteiger partial charge in [0, 0.05) is 49.0 Å². The number of fused-ring (bicyclic) bond motifs is 1. The number of nitrogens with zero attached hydrogens (tertiary/aromatic N) is 2. The molecule has 0 aliphatic carbocycles. The lowest BCUT2D eigenvalue weighted by molar-refractivity contribution is -0.134. The quantitative estimate of drug-likeness (QED) is 0.733. The minimum atomic E-state index is -0.153. The molecule has 1 unspecified atom stereocenters. The maximum absolute atomic E-state index is 13.0. The second-order valence-corrected chi connectivity index (χ2v) is 7.70. The van der Waals surface area contributed by atoms with Crippen molar-refractivity contribution >= 4 is 28.4 Å². The molecule has 2 heterocycles. The summed E-state index contributed by atoms with van der Waals surface area (Å²) in [6.07, 6.45) is 0. The molecule has 1 fully saturated rings. The molecule has 4 rings (SSSR count). The lowest BCUT2D eigenvalue weighted by atomic mass is 10.1. The van der Waals surface area contributed by atoms with Gasteiger partial charge < -0.3 is 9.88 Å². The van der Waals surface area contributed by atoms with Crippen LogP contribution in [0.3, 0.4) is 0 Å². The third-order valence-electron chi connectivity index (χ3n) is 5.39. The molecular weight excluding hydrogens is 358 g/mol. The largest absolute Gasteiger partial charge is 0.358 e. The van der Waals surface area contributed by atoms with E-state index in [1.165, 1.54) is 5.56 Å². The highest BCUT2D eigenvalue weighted by molar-refractivity contribution is 6.30. The van der Waals surface area contributed by atoms with Gasteiger partial charge in [0.05, 0.1) is 5.92 Å². The zero-order chi connectivity index (χ0) is 18.8. The van der Waals surface area contributed by atoms with Crippen LogP contribution in [0.5, 0.6) is 0 Å². The molecule has 140 valence electrons. The number of para-hydroxylation sites is 1.